The maximum absolute atomic E-state index is 12.2. The van der Waals surface area contributed by atoms with Gasteiger partial charge in [0, 0.05) is 31.0 Å². The van der Waals surface area contributed by atoms with E-state index in [9.17, 15) is 4.79 Å². The Balaban J connectivity index is 1.96. The highest BCUT2D eigenvalue weighted by molar-refractivity contribution is 7.80. The molecule has 2 aromatic carbocycles. The van der Waals surface area contributed by atoms with E-state index in [1.54, 1.807) is 18.2 Å². The van der Waals surface area contributed by atoms with E-state index in [1.165, 1.54) is 0 Å². The van der Waals surface area contributed by atoms with Crippen molar-refractivity contribution in [1.82, 2.24) is 5.32 Å². The van der Waals surface area contributed by atoms with E-state index in [4.69, 9.17) is 17.0 Å². The monoisotopic (exact) mass is 343 g/mol. The largest absolute Gasteiger partial charge is 0.494 e. The van der Waals surface area contributed by atoms with Crippen molar-refractivity contribution >= 4 is 34.6 Å². The molecule has 0 saturated carbocycles. The highest BCUT2D eigenvalue weighted by Crippen LogP contribution is 2.16. The lowest BCUT2D eigenvalue weighted by Crippen LogP contribution is -2.34. The van der Waals surface area contributed by atoms with E-state index in [0.717, 1.165) is 11.4 Å². The van der Waals surface area contributed by atoms with Gasteiger partial charge in [-0.05, 0) is 61.6 Å². The van der Waals surface area contributed by atoms with Crippen LogP contribution in [0.1, 0.15) is 17.3 Å². The first-order valence-electron chi connectivity index (χ1n) is 7.62. The maximum atomic E-state index is 12.2. The average Bonchev–Trinajstić information content (AvgIpc) is 2.55. The summed E-state index contributed by atoms with van der Waals surface area (Å²) in [7, 11) is 3.95. The summed E-state index contributed by atoms with van der Waals surface area (Å²) in [6, 6.07) is 14.7. The fourth-order valence-corrected chi connectivity index (χ4v) is 2.28. The third-order valence-electron chi connectivity index (χ3n) is 3.28. The molecule has 0 aliphatic rings. The molecule has 0 fully saturated rings. The number of rotatable bonds is 5. The number of amides is 1. The first-order chi connectivity index (χ1) is 11.5. The highest BCUT2D eigenvalue weighted by atomic mass is 32.1. The lowest BCUT2D eigenvalue weighted by atomic mass is 10.2. The summed E-state index contributed by atoms with van der Waals surface area (Å²) in [6.45, 7) is 2.45. The molecular weight excluding hydrogens is 322 g/mol. The second kappa shape index (κ2) is 8.31. The number of nitrogens with one attached hydrogen (secondary N) is 2. The Hall–Kier alpha value is -2.60. The Bertz CT molecular complexity index is 714. The van der Waals surface area contributed by atoms with E-state index in [1.807, 2.05) is 56.3 Å². The van der Waals surface area contributed by atoms with Gasteiger partial charge in [-0.2, -0.15) is 0 Å². The first kappa shape index (κ1) is 17.7. The molecule has 0 bridgehead atoms. The Morgan fingerprint density at radius 2 is 1.88 bits per heavy atom. The number of benzene rings is 2. The molecule has 0 aromatic heterocycles. The van der Waals surface area contributed by atoms with Crippen LogP contribution in [0.15, 0.2) is 48.5 Å². The van der Waals surface area contributed by atoms with Gasteiger partial charge in [0.2, 0.25) is 0 Å². The fourth-order valence-electron chi connectivity index (χ4n) is 2.07. The molecular formula is C18H21N3O2S. The zero-order valence-corrected chi connectivity index (χ0v) is 14.8. The van der Waals surface area contributed by atoms with Crippen LogP contribution >= 0.6 is 12.2 Å². The van der Waals surface area contributed by atoms with E-state index in [-0.39, 0.29) is 11.0 Å². The lowest BCUT2D eigenvalue weighted by Gasteiger charge is -2.14. The lowest BCUT2D eigenvalue weighted by molar-refractivity contribution is 0.0977. The van der Waals surface area contributed by atoms with Gasteiger partial charge >= 0.3 is 0 Å². The van der Waals surface area contributed by atoms with Crippen LogP contribution in [-0.2, 0) is 0 Å². The first-order valence-corrected chi connectivity index (χ1v) is 8.03. The molecule has 0 aliphatic heterocycles. The standard InChI is InChI=1S/C18H21N3O2S/c1-4-23-16-7-5-6-13(12-16)17(22)20-18(24)19-14-8-10-15(11-9-14)21(2)3/h5-12H,4H2,1-3H3,(H2,19,20,22,24). The minimum atomic E-state index is -0.279. The Kier molecular flexibility index (Phi) is 6.14. The van der Waals surface area contributed by atoms with E-state index >= 15 is 0 Å². The summed E-state index contributed by atoms with van der Waals surface area (Å²) in [5.41, 5.74) is 2.39. The molecule has 0 unspecified atom stereocenters. The minimum Gasteiger partial charge on any atom is -0.494 e. The smallest absolute Gasteiger partial charge is 0.257 e. The molecule has 0 aliphatic carbocycles. The van der Waals surface area contributed by atoms with Crippen LogP contribution < -0.4 is 20.3 Å². The van der Waals surface area contributed by atoms with Crippen molar-refractivity contribution in [2.45, 2.75) is 6.92 Å². The summed E-state index contributed by atoms with van der Waals surface area (Å²) in [5.74, 6) is 0.377. The number of anilines is 2. The number of nitrogens with zero attached hydrogens (tertiary/aromatic N) is 1. The van der Waals surface area contributed by atoms with E-state index in [0.29, 0.717) is 17.9 Å². The van der Waals surface area contributed by atoms with Crippen LogP contribution in [-0.4, -0.2) is 31.7 Å². The Labute approximate surface area is 147 Å². The molecule has 6 heteroatoms. The molecule has 24 heavy (non-hydrogen) atoms. The second-order valence-corrected chi connectivity index (χ2v) is 5.72. The van der Waals surface area contributed by atoms with Crippen molar-refractivity contribution in [3.63, 3.8) is 0 Å². The maximum Gasteiger partial charge on any atom is 0.257 e. The third kappa shape index (κ3) is 4.96. The van der Waals surface area contributed by atoms with Crippen molar-refractivity contribution in [1.29, 1.82) is 0 Å². The molecule has 0 spiro atoms. The van der Waals surface area contributed by atoms with Crippen molar-refractivity contribution in [2.75, 3.05) is 30.9 Å². The number of hydrogen-bond donors (Lipinski definition) is 2. The summed E-state index contributed by atoms with van der Waals surface area (Å²) in [5, 5.41) is 5.91. The van der Waals surface area contributed by atoms with Gasteiger partial charge in [-0.15, -0.1) is 0 Å². The van der Waals surface area contributed by atoms with Gasteiger partial charge in [-0.3, -0.25) is 10.1 Å². The number of thiocarbonyl (C=S) groups is 1. The van der Waals surface area contributed by atoms with Gasteiger partial charge in [0.05, 0.1) is 6.61 Å². The van der Waals surface area contributed by atoms with Crippen LogP contribution in [0.4, 0.5) is 11.4 Å². The quantitative estimate of drug-likeness (QED) is 0.816. The van der Waals surface area contributed by atoms with E-state index < -0.39 is 0 Å². The number of ether oxygens (including phenoxy) is 1. The molecule has 2 rings (SSSR count). The van der Waals surface area contributed by atoms with Crippen LogP contribution in [0, 0.1) is 0 Å². The Morgan fingerprint density at radius 1 is 1.17 bits per heavy atom. The second-order valence-electron chi connectivity index (χ2n) is 5.31. The van der Waals surface area contributed by atoms with Crippen molar-refractivity contribution in [2.24, 2.45) is 0 Å². The highest BCUT2D eigenvalue weighted by Gasteiger charge is 2.09. The van der Waals surface area contributed by atoms with Crippen LogP contribution in [0.25, 0.3) is 0 Å². The zero-order chi connectivity index (χ0) is 17.5. The summed E-state index contributed by atoms with van der Waals surface area (Å²) < 4.78 is 5.40. The van der Waals surface area contributed by atoms with Gasteiger partial charge in [-0.1, -0.05) is 6.07 Å². The average molecular weight is 343 g/mol. The van der Waals surface area contributed by atoms with Crippen molar-refractivity contribution in [3.8, 4) is 5.75 Å². The molecule has 1 amide bonds. The van der Waals surface area contributed by atoms with Crippen molar-refractivity contribution < 1.29 is 9.53 Å². The fraction of sp³-hybridized carbons (Fsp3) is 0.222. The molecule has 0 atom stereocenters. The third-order valence-corrected chi connectivity index (χ3v) is 3.48. The number of carbonyl (C=O) groups is 1. The minimum absolute atomic E-state index is 0.249. The van der Waals surface area contributed by atoms with Gasteiger partial charge in [-0.25, -0.2) is 0 Å². The van der Waals surface area contributed by atoms with E-state index in [2.05, 4.69) is 10.6 Å². The number of hydrogen-bond acceptors (Lipinski definition) is 4. The molecule has 0 saturated heterocycles. The van der Waals surface area contributed by atoms with Crippen LogP contribution in [0.5, 0.6) is 5.75 Å². The van der Waals surface area contributed by atoms with Crippen molar-refractivity contribution in [3.05, 3.63) is 54.1 Å². The Morgan fingerprint density at radius 3 is 2.50 bits per heavy atom. The summed E-state index contributed by atoms with van der Waals surface area (Å²) in [4.78, 5) is 14.3. The SMILES string of the molecule is CCOc1cccc(C(=O)NC(=S)Nc2ccc(N(C)C)cc2)c1. The molecule has 2 aromatic rings. The number of carbonyl (C=O) groups excluding carboxylic acids is 1. The molecule has 0 heterocycles. The van der Waals surface area contributed by atoms with Crippen LogP contribution in [0.2, 0.25) is 0 Å². The van der Waals surface area contributed by atoms with Gasteiger partial charge in [0.15, 0.2) is 5.11 Å². The zero-order valence-electron chi connectivity index (χ0n) is 14.0. The molecule has 5 nitrogen and oxygen atoms in total. The predicted molar refractivity (Wildman–Crippen MR) is 102 cm³/mol. The van der Waals surface area contributed by atoms with Gasteiger partial charge < -0.3 is 15.0 Å². The molecule has 2 N–H and O–H groups in total. The summed E-state index contributed by atoms with van der Waals surface area (Å²) in [6.07, 6.45) is 0. The van der Waals surface area contributed by atoms with Gasteiger partial charge in [0.25, 0.3) is 5.91 Å². The molecule has 0 radical (unpaired) electrons. The normalized spacial score (nSPS) is 9.96. The van der Waals surface area contributed by atoms with Gasteiger partial charge in [0.1, 0.15) is 5.75 Å². The van der Waals surface area contributed by atoms with Crippen LogP contribution in [0.3, 0.4) is 0 Å². The molecule has 126 valence electrons. The predicted octanol–water partition coefficient (Wildman–Crippen LogP) is 3.28. The topological polar surface area (TPSA) is 53.6 Å². The summed E-state index contributed by atoms with van der Waals surface area (Å²) >= 11 is 5.20.